The molecule has 1 aromatic rings. The van der Waals surface area contributed by atoms with E-state index in [1.165, 1.54) is 22.1 Å². The maximum absolute atomic E-state index is 3.57. The molecule has 2 nitrogen and oxygen atoms in total. The number of rotatable bonds is 1. The molecule has 17 heavy (non-hydrogen) atoms. The van der Waals surface area contributed by atoms with Crippen LogP contribution in [-0.4, -0.2) is 25.2 Å². The Balaban J connectivity index is 2.32. The molecular weight excluding hydrogens is 276 g/mol. The zero-order valence-corrected chi connectivity index (χ0v) is 12.5. The molecule has 0 aromatic heterocycles. The van der Waals surface area contributed by atoms with Crippen LogP contribution >= 0.6 is 15.9 Å². The summed E-state index contributed by atoms with van der Waals surface area (Å²) in [7, 11) is 0. The third-order valence-corrected chi connectivity index (χ3v) is 4.50. The van der Waals surface area contributed by atoms with E-state index < -0.39 is 0 Å². The van der Waals surface area contributed by atoms with Crippen LogP contribution in [0.1, 0.15) is 25.8 Å². The summed E-state index contributed by atoms with van der Waals surface area (Å²) >= 11 is 3.57. The van der Waals surface area contributed by atoms with Crippen LogP contribution in [0.3, 0.4) is 0 Å². The van der Waals surface area contributed by atoms with Crippen molar-refractivity contribution in [2.45, 2.75) is 32.7 Å². The minimum Gasteiger partial charge on any atom is -0.365 e. The lowest BCUT2D eigenvalue weighted by atomic mass is 9.97. The summed E-state index contributed by atoms with van der Waals surface area (Å²) in [5.41, 5.74) is 2.86. The van der Waals surface area contributed by atoms with E-state index in [1.807, 2.05) is 0 Å². The number of halogens is 1. The molecule has 2 rings (SSSR count). The molecule has 1 aromatic carbocycles. The van der Waals surface area contributed by atoms with Gasteiger partial charge in [-0.1, -0.05) is 15.9 Å². The number of nitrogens with one attached hydrogen (secondary N) is 1. The van der Waals surface area contributed by atoms with Crippen molar-refractivity contribution in [2.24, 2.45) is 0 Å². The van der Waals surface area contributed by atoms with E-state index in [0.29, 0.717) is 0 Å². The molecule has 1 fully saturated rings. The Morgan fingerprint density at radius 2 is 2.06 bits per heavy atom. The van der Waals surface area contributed by atoms with E-state index in [1.54, 1.807) is 0 Å². The predicted octanol–water partition coefficient (Wildman–Crippen LogP) is 3.34. The summed E-state index contributed by atoms with van der Waals surface area (Å²) in [6, 6.07) is 6.64. The van der Waals surface area contributed by atoms with E-state index in [-0.39, 0.29) is 5.54 Å². The van der Waals surface area contributed by atoms with Gasteiger partial charge in [0.2, 0.25) is 0 Å². The fraction of sp³-hybridized carbons (Fsp3) is 0.571. The van der Waals surface area contributed by atoms with Gasteiger partial charge >= 0.3 is 0 Å². The highest BCUT2D eigenvalue weighted by Crippen LogP contribution is 2.30. The van der Waals surface area contributed by atoms with Gasteiger partial charge in [-0.3, -0.25) is 0 Å². The van der Waals surface area contributed by atoms with Crippen LogP contribution in [0.5, 0.6) is 0 Å². The molecule has 1 saturated heterocycles. The van der Waals surface area contributed by atoms with E-state index >= 15 is 0 Å². The van der Waals surface area contributed by atoms with Crippen molar-refractivity contribution in [3.05, 3.63) is 28.2 Å². The van der Waals surface area contributed by atoms with Gasteiger partial charge in [0, 0.05) is 28.8 Å². The van der Waals surface area contributed by atoms with Crippen molar-refractivity contribution < 1.29 is 0 Å². The van der Waals surface area contributed by atoms with Gasteiger partial charge in [0.25, 0.3) is 0 Å². The van der Waals surface area contributed by atoms with Crippen LogP contribution in [0.25, 0.3) is 0 Å². The summed E-state index contributed by atoms with van der Waals surface area (Å²) in [5.74, 6) is 0. The number of hydrogen-bond acceptors (Lipinski definition) is 2. The van der Waals surface area contributed by atoms with E-state index in [0.717, 1.165) is 19.6 Å². The second-order valence-electron chi connectivity index (χ2n) is 5.40. The highest BCUT2D eigenvalue weighted by atomic mass is 79.9. The van der Waals surface area contributed by atoms with E-state index in [4.69, 9.17) is 0 Å². The highest BCUT2D eigenvalue weighted by Gasteiger charge is 2.28. The first-order valence-electron chi connectivity index (χ1n) is 6.25. The number of hydrogen-bond donors (Lipinski definition) is 1. The van der Waals surface area contributed by atoms with Crippen molar-refractivity contribution in [2.75, 3.05) is 24.5 Å². The molecule has 1 aliphatic rings. The topological polar surface area (TPSA) is 15.3 Å². The van der Waals surface area contributed by atoms with Gasteiger partial charge in [0.1, 0.15) is 0 Å². The third kappa shape index (κ3) is 2.83. The molecule has 0 bridgehead atoms. The van der Waals surface area contributed by atoms with Gasteiger partial charge in [0.05, 0.1) is 0 Å². The van der Waals surface area contributed by atoms with Crippen molar-refractivity contribution in [1.29, 1.82) is 0 Å². The summed E-state index contributed by atoms with van der Waals surface area (Å²) in [5, 5.41) is 3.48. The standard InChI is InChI=1S/C14H21BrN2/c1-11-10-12(4-5-13(11)15)17-9-8-16-7-6-14(17,2)3/h4-5,10,16H,6-9H2,1-3H3. The van der Waals surface area contributed by atoms with Gasteiger partial charge in [-0.25, -0.2) is 0 Å². The number of anilines is 1. The lowest BCUT2D eigenvalue weighted by molar-refractivity contribution is 0.454. The van der Waals surface area contributed by atoms with Gasteiger partial charge in [-0.15, -0.1) is 0 Å². The molecule has 0 radical (unpaired) electrons. The molecule has 0 atom stereocenters. The minimum atomic E-state index is 0.226. The Bertz CT molecular complexity index is 401. The molecule has 0 aliphatic carbocycles. The first-order valence-corrected chi connectivity index (χ1v) is 7.04. The summed E-state index contributed by atoms with van der Waals surface area (Å²) in [4.78, 5) is 2.52. The van der Waals surface area contributed by atoms with Gasteiger partial charge in [-0.2, -0.15) is 0 Å². The van der Waals surface area contributed by atoms with Crippen molar-refractivity contribution in [3.8, 4) is 0 Å². The van der Waals surface area contributed by atoms with E-state index in [9.17, 15) is 0 Å². The quantitative estimate of drug-likeness (QED) is 0.855. The van der Waals surface area contributed by atoms with Crippen molar-refractivity contribution in [1.82, 2.24) is 5.32 Å². The summed E-state index contributed by atoms with van der Waals surface area (Å²) in [6.45, 7) is 10.1. The maximum Gasteiger partial charge on any atom is 0.0374 e. The largest absolute Gasteiger partial charge is 0.365 e. The monoisotopic (exact) mass is 296 g/mol. The summed E-state index contributed by atoms with van der Waals surface area (Å²) in [6.07, 6.45) is 1.18. The average molecular weight is 297 g/mol. The van der Waals surface area contributed by atoms with Crippen LogP contribution in [-0.2, 0) is 0 Å². The number of aryl methyl sites for hydroxylation is 1. The van der Waals surface area contributed by atoms with Crippen LogP contribution < -0.4 is 10.2 Å². The SMILES string of the molecule is Cc1cc(N2CCNCCC2(C)C)ccc1Br. The van der Waals surface area contributed by atoms with Crippen LogP contribution in [0.15, 0.2) is 22.7 Å². The lowest BCUT2D eigenvalue weighted by Gasteiger charge is -2.39. The lowest BCUT2D eigenvalue weighted by Crippen LogP contribution is -2.44. The van der Waals surface area contributed by atoms with Crippen molar-refractivity contribution in [3.63, 3.8) is 0 Å². The Hall–Kier alpha value is -0.540. The molecule has 1 N–H and O–H groups in total. The fourth-order valence-electron chi connectivity index (χ4n) is 2.42. The molecule has 3 heteroatoms. The first kappa shape index (κ1) is 12.9. The molecule has 1 aliphatic heterocycles. The van der Waals surface area contributed by atoms with Gasteiger partial charge in [-0.05, 0) is 57.5 Å². The minimum absolute atomic E-state index is 0.226. The Labute approximate surface area is 113 Å². The van der Waals surface area contributed by atoms with Crippen molar-refractivity contribution >= 4 is 21.6 Å². The molecule has 0 unspecified atom stereocenters. The zero-order valence-electron chi connectivity index (χ0n) is 10.9. The van der Waals surface area contributed by atoms with E-state index in [2.05, 4.69) is 65.1 Å². The van der Waals surface area contributed by atoms with Crippen LogP contribution in [0.4, 0.5) is 5.69 Å². The number of nitrogens with zero attached hydrogens (tertiary/aromatic N) is 1. The average Bonchev–Trinajstić information content (AvgIpc) is 2.43. The number of benzene rings is 1. The smallest absolute Gasteiger partial charge is 0.0374 e. The second-order valence-corrected chi connectivity index (χ2v) is 6.25. The molecule has 94 valence electrons. The van der Waals surface area contributed by atoms with Crippen LogP contribution in [0.2, 0.25) is 0 Å². The predicted molar refractivity (Wildman–Crippen MR) is 77.8 cm³/mol. The Morgan fingerprint density at radius 3 is 2.76 bits per heavy atom. The first-order chi connectivity index (χ1) is 8.00. The second kappa shape index (κ2) is 4.99. The normalized spacial score (nSPS) is 20.1. The molecule has 0 saturated carbocycles. The molecule has 0 spiro atoms. The molecular formula is C14H21BrN2. The molecule has 1 heterocycles. The highest BCUT2D eigenvalue weighted by molar-refractivity contribution is 9.10. The van der Waals surface area contributed by atoms with Gasteiger partial charge in [0.15, 0.2) is 0 Å². The zero-order chi connectivity index (χ0) is 12.5. The Morgan fingerprint density at radius 1 is 1.29 bits per heavy atom. The Kier molecular flexibility index (Phi) is 3.79. The van der Waals surface area contributed by atoms with Crippen LogP contribution in [0, 0.1) is 6.92 Å². The molecule has 0 amide bonds. The maximum atomic E-state index is 3.57. The summed E-state index contributed by atoms with van der Waals surface area (Å²) < 4.78 is 1.19. The third-order valence-electron chi connectivity index (χ3n) is 3.61. The fourth-order valence-corrected chi connectivity index (χ4v) is 2.67. The van der Waals surface area contributed by atoms with Gasteiger partial charge < -0.3 is 10.2 Å².